The van der Waals surface area contributed by atoms with Crippen LogP contribution in [0.3, 0.4) is 0 Å². The van der Waals surface area contributed by atoms with Gasteiger partial charge in [-0.2, -0.15) is 0 Å². The lowest BCUT2D eigenvalue weighted by Crippen LogP contribution is -2.49. The minimum atomic E-state index is 0.124. The van der Waals surface area contributed by atoms with Crippen molar-refractivity contribution in [1.82, 2.24) is 19.4 Å². The molecule has 0 N–H and O–H groups in total. The van der Waals surface area contributed by atoms with E-state index in [0.29, 0.717) is 6.54 Å². The van der Waals surface area contributed by atoms with Crippen LogP contribution < -0.4 is 0 Å². The molecule has 1 aromatic carbocycles. The van der Waals surface area contributed by atoms with E-state index in [9.17, 15) is 4.79 Å². The number of aryl methyl sites for hydroxylation is 1. The van der Waals surface area contributed by atoms with Crippen LogP contribution in [0.1, 0.15) is 35.0 Å². The van der Waals surface area contributed by atoms with Crippen molar-refractivity contribution in [3.05, 3.63) is 77.9 Å². The smallest absolute Gasteiger partial charge is 0.270 e. The third-order valence-electron chi connectivity index (χ3n) is 5.80. The van der Waals surface area contributed by atoms with Gasteiger partial charge in [0.15, 0.2) is 0 Å². The van der Waals surface area contributed by atoms with E-state index < -0.39 is 0 Å². The monoisotopic (exact) mass is 402 g/mol. The van der Waals surface area contributed by atoms with Crippen LogP contribution >= 0.6 is 0 Å². The number of nitrogens with zero attached hydrogens (tertiary/aromatic N) is 4. The van der Waals surface area contributed by atoms with Crippen molar-refractivity contribution in [2.75, 3.05) is 32.7 Å². The van der Waals surface area contributed by atoms with Crippen molar-refractivity contribution in [2.45, 2.75) is 26.8 Å². The summed E-state index contributed by atoms with van der Waals surface area (Å²) in [5, 5.41) is 0. The van der Waals surface area contributed by atoms with E-state index in [2.05, 4.69) is 58.8 Å². The van der Waals surface area contributed by atoms with Crippen molar-refractivity contribution < 1.29 is 4.79 Å². The van der Waals surface area contributed by atoms with Gasteiger partial charge in [0.05, 0.1) is 0 Å². The van der Waals surface area contributed by atoms with E-state index in [0.717, 1.165) is 56.0 Å². The molecule has 1 saturated heterocycles. The zero-order valence-corrected chi connectivity index (χ0v) is 17.9. The fourth-order valence-corrected chi connectivity index (χ4v) is 4.07. The van der Waals surface area contributed by atoms with Crippen LogP contribution in [0.4, 0.5) is 0 Å². The van der Waals surface area contributed by atoms with Crippen molar-refractivity contribution in [2.24, 2.45) is 0 Å². The highest BCUT2D eigenvalue weighted by molar-refractivity contribution is 5.94. The maximum atomic E-state index is 13.4. The van der Waals surface area contributed by atoms with Crippen LogP contribution in [0.15, 0.2) is 61.1 Å². The predicted octanol–water partition coefficient (Wildman–Crippen LogP) is 4.07. The van der Waals surface area contributed by atoms with Crippen LogP contribution in [-0.2, 0) is 6.54 Å². The maximum absolute atomic E-state index is 13.4. The molecule has 1 aliphatic heterocycles. The molecule has 0 bridgehead atoms. The fourth-order valence-electron chi connectivity index (χ4n) is 4.07. The molecule has 0 radical (unpaired) electrons. The molecule has 0 saturated carbocycles. The Labute approximate surface area is 179 Å². The van der Waals surface area contributed by atoms with Crippen molar-refractivity contribution >= 4 is 5.91 Å². The summed E-state index contributed by atoms with van der Waals surface area (Å²) < 4.78 is 2.10. The number of carbonyl (C=O) groups excluding carboxylic acids is 1. The predicted molar refractivity (Wildman–Crippen MR) is 121 cm³/mol. The third-order valence-corrected chi connectivity index (χ3v) is 5.80. The number of aromatic nitrogens is 2. The third kappa shape index (κ3) is 4.62. The quantitative estimate of drug-likeness (QED) is 0.624. The van der Waals surface area contributed by atoms with E-state index >= 15 is 0 Å². The first-order chi connectivity index (χ1) is 14.6. The summed E-state index contributed by atoms with van der Waals surface area (Å²) in [5.41, 5.74) is 5.32. The number of pyridine rings is 1. The molecule has 1 amide bonds. The van der Waals surface area contributed by atoms with Gasteiger partial charge in [0.25, 0.3) is 5.91 Å². The highest BCUT2D eigenvalue weighted by Gasteiger charge is 2.24. The first-order valence-corrected chi connectivity index (χ1v) is 10.8. The molecule has 1 fully saturated rings. The second-order valence-electron chi connectivity index (χ2n) is 8.10. The molecule has 0 aliphatic carbocycles. The molecule has 3 heterocycles. The topological polar surface area (TPSA) is 41.4 Å². The van der Waals surface area contributed by atoms with Gasteiger partial charge in [0.2, 0.25) is 0 Å². The molecule has 5 heteroatoms. The number of amides is 1. The fraction of sp³-hybridized carbons (Fsp3) is 0.360. The Morgan fingerprint density at radius 1 is 0.967 bits per heavy atom. The second kappa shape index (κ2) is 9.26. The lowest BCUT2D eigenvalue weighted by Gasteiger charge is -2.34. The standard InChI is InChI=1S/C25H30N4O/c1-3-12-27-13-15-28(16-14-27)25(30)24-17-23(22-8-10-26-11-9-22)19-29(24)18-21-6-4-20(2)5-7-21/h4-11,17,19H,3,12-16,18H2,1-2H3. The number of hydrogen-bond acceptors (Lipinski definition) is 3. The molecule has 0 spiro atoms. The number of piperazine rings is 1. The van der Waals surface area contributed by atoms with Gasteiger partial charge >= 0.3 is 0 Å². The molecule has 0 atom stereocenters. The van der Waals surface area contributed by atoms with Crippen LogP contribution in [0.5, 0.6) is 0 Å². The summed E-state index contributed by atoms with van der Waals surface area (Å²) in [5.74, 6) is 0.124. The van der Waals surface area contributed by atoms with Crippen LogP contribution in [0, 0.1) is 6.92 Å². The molecular formula is C25H30N4O. The minimum Gasteiger partial charge on any atom is -0.338 e. The molecule has 156 valence electrons. The zero-order chi connectivity index (χ0) is 20.9. The lowest BCUT2D eigenvalue weighted by molar-refractivity contribution is 0.0627. The van der Waals surface area contributed by atoms with Crippen molar-refractivity contribution in [3.63, 3.8) is 0 Å². The van der Waals surface area contributed by atoms with Crippen LogP contribution in [0.2, 0.25) is 0 Å². The van der Waals surface area contributed by atoms with Gasteiger partial charge in [-0.3, -0.25) is 14.7 Å². The van der Waals surface area contributed by atoms with Gasteiger partial charge < -0.3 is 9.47 Å². The van der Waals surface area contributed by atoms with Gasteiger partial charge in [-0.25, -0.2) is 0 Å². The maximum Gasteiger partial charge on any atom is 0.270 e. The molecule has 0 unspecified atom stereocenters. The summed E-state index contributed by atoms with van der Waals surface area (Å²) in [6.45, 7) is 9.58. The summed E-state index contributed by atoms with van der Waals surface area (Å²) >= 11 is 0. The zero-order valence-electron chi connectivity index (χ0n) is 17.9. The van der Waals surface area contributed by atoms with Gasteiger partial charge in [-0.1, -0.05) is 36.8 Å². The summed E-state index contributed by atoms with van der Waals surface area (Å²) in [4.78, 5) is 22.0. The van der Waals surface area contributed by atoms with E-state index in [1.807, 2.05) is 23.1 Å². The van der Waals surface area contributed by atoms with Crippen molar-refractivity contribution in [1.29, 1.82) is 0 Å². The molecule has 30 heavy (non-hydrogen) atoms. The van der Waals surface area contributed by atoms with Gasteiger partial charge in [0, 0.05) is 56.9 Å². The first kappa shape index (κ1) is 20.4. The Bertz CT molecular complexity index is 970. The van der Waals surface area contributed by atoms with E-state index in [4.69, 9.17) is 0 Å². The number of benzene rings is 1. The average molecular weight is 403 g/mol. The van der Waals surface area contributed by atoms with Crippen LogP contribution in [0.25, 0.3) is 11.1 Å². The Hall–Kier alpha value is -2.92. The number of carbonyl (C=O) groups is 1. The van der Waals surface area contributed by atoms with E-state index in [1.54, 1.807) is 12.4 Å². The molecular weight excluding hydrogens is 372 g/mol. The highest BCUT2D eigenvalue weighted by Crippen LogP contribution is 2.24. The average Bonchev–Trinajstić information content (AvgIpc) is 3.20. The Balaban J connectivity index is 1.60. The largest absolute Gasteiger partial charge is 0.338 e. The number of rotatable bonds is 6. The number of hydrogen-bond donors (Lipinski definition) is 0. The SMILES string of the molecule is CCCN1CCN(C(=O)c2cc(-c3ccncc3)cn2Cc2ccc(C)cc2)CC1. The van der Waals surface area contributed by atoms with Gasteiger partial charge in [0.1, 0.15) is 5.69 Å². The summed E-state index contributed by atoms with van der Waals surface area (Å²) in [6.07, 6.45) is 6.83. The summed E-state index contributed by atoms with van der Waals surface area (Å²) in [6, 6.07) is 14.5. The second-order valence-corrected chi connectivity index (χ2v) is 8.10. The lowest BCUT2D eigenvalue weighted by atomic mass is 10.1. The summed E-state index contributed by atoms with van der Waals surface area (Å²) in [7, 11) is 0. The molecule has 1 aliphatic rings. The minimum absolute atomic E-state index is 0.124. The molecule has 5 nitrogen and oxygen atoms in total. The Morgan fingerprint density at radius 3 is 2.33 bits per heavy atom. The highest BCUT2D eigenvalue weighted by atomic mass is 16.2. The molecule has 4 rings (SSSR count). The first-order valence-electron chi connectivity index (χ1n) is 10.8. The molecule has 3 aromatic rings. The Kier molecular flexibility index (Phi) is 6.29. The van der Waals surface area contributed by atoms with E-state index in [-0.39, 0.29) is 5.91 Å². The van der Waals surface area contributed by atoms with E-state index in [1.165, 1.54) is 11.1 Å². The van der Waals surface area contributed by atoms with Crippen LogP contribution in [-0.4, -0.2) is 58.0 Å². The Morgan fingerprint density at radius 2 is 1.67 bits per heavy atom. The van der Waals surface area contributed by atoms with Gasteiger partial charge in [-0.15, -0.1) is 0 Å². The molecule has 2 aromatic heterocycles. The van der Waals surface area contributed by atoms with Crippen molar-refractivity contribution in [3.8, 4) is 11.1 Å². The van der Waals surface area contributed by atoms with Gasteiger partial charge in [-0.05, 0) is 49.2 Å². The normalized spacial score (nSPS) is 14.8.